The fourth-order valence-corrected chi connectivity index (χ4v) is 3.98. The summed E-state index contributed by atoms with van der Waals surface area (Å²) in [4.78, 5) is 9.30. The van der Waals surface area contributed by atoms with E-state index in [1.165, 1.54) is 35.8 Å². The lowest BCUT2D eigenvalue weighted by Gasteiger charge is -2.27. The Bertz CT molecular complexity index is 503. The van der Waals surface area contributed by atoms with Crippen LogP contribution in [0.15, 0.2) is 29.3 Å². The molecule has 22 heavy (non-hydrogen) atoms. The number of hydrogen-bond donors (Lipinski definition) is 1. The SMILES string of the molecule is CN=C(NCCN1CCSCC1)N1CCc2ccccc21.I. The predicted molar refractivity (Wildman–Crippen MR) is 108 cm³/mol. The first-order valence-corrected chi connectivity index (χ1v) is 8.90. The maximum atomic E-state index is 4.46. The first kappa shape index (κ1) is 17.9. The lowest BCUT2D eigenvalue weighted by atomic mass is 10.2. The summed E-state index contributed by atoms with van der Waals surface area (Å²) < 4.78 is 0. The van der Waals surface area contributed by atoms with E-state index in [-0.39, 0.29) is 24.0 Å². The van der Waals surface area contributed by atoms with Crippen LogP contribution in [0.4, 0.5) is 5.69 Å². The van der Waals surface area contributed by atoms with Crippen LogP contribution in [-0.2, 0) is 6.42 Å². The molecule has 0 amide bonds. The highest BCUT2D eigenvalue weighted by molar-refractivity contribution is 14.0. The first-order chi connectivity index (χ1) is 10.4. The van der Waals surface area contributed by atoms with Crippen molar-refractivity contribution in [2.75, 3.05) is 56.2 Å². The summed E-state index contributed by atoms with van der Waals surface area (Å²) in [6.45, 7) is 5.54. The zero-order chi connectivity index (χ0) is 14.5. The molecule has 2 heterocycles. The van der Waals surface area contributed by atoms with Gasteiger partial charge in [0.15, 0.2) is 5.96 Å². The quantitative estimate of drug-likeness (QED) is 0.451. The van der Waals surface area contributed by atoms with Crippen molar-refractivity contribution in [2.45, 2.75) is 6.42 Å². The Morgan fingerprint density at radius 2 is 2.00 bits per heavy atom. The predicted octanol–water partition coefficient (Wildman–Crippen LogP) is 2.29. The largest absolute Gasteiger partial charge is 0.355 e. The van der Waals surface area contributed by atoms with Gasteiger partial charge in [-0.25, -0.2) is 0 Å². The van der Waals surface area contributed by atoms with Gasteiger partial charge in [0, 0.05) is 57.0 Å². The normalized spacial score (nSPS) is 18.8. The van der Waals surface area contributed by atoms with E-state index >= 15 is 0 Å². The van der Waals surface area contributed by atoms with Gasteiger partial charge in [-0.2, -0.15) is 11.8 Å². The highest BCUT2D eigenvalue weighted by Crippen LogP contribution is 2.27. The number of benzene rings is 1. The monoisotopic (exact) mass is 432 g/mol. The van der Waals surface area contributed by atoms with E-state index in [1.54, 1.807) is 0 Å². The number of thioether (sulfide) groups is 1. The van der Waals surface area contributed by atoms with Crippen molar-refractivity contribution in [2.24, 2.45) is 4.99 Å². The van der Waals surface area contributed by atoms with Crippen LogP contribution in [0.5, 0.6) is 0 Å². The Morgan fingerprint density at radius 1 is 1.23 bits per heavy atom. The molecule has 0 saturated carbocycles. The molecule has 2 aliphatic heterocycles. The van der Waals surface area contributed by atoms with Crippen molar-refractivity contribution in [3.05, 3.63) is 29.8 Å². The zero-order valence-corrected chi connectivity index (χ0v) is 16.3. The number of para-hydroxylation sites is 1. The number of guanidine groups is 1. The Balaban J connectivity index is 0.00000176. The molecule has 1 fully saturated rings. The minimum Gasteiger partial charge on any atom is -0.355 e. The average Bonchev–Trinajstić information content (AvgIpc) is 2.97. The molecule has 4 nitrogen and oxygen atoms in total. The number of fused-ring (bicyclic) bond motifs is 1. The highest BCUT2D eigenvalue weighted by Gasteiger charge is 2.22. The van der Waals surface area contributed by atoms with Gasteiger partial charge in [0.25, 0.3) is 0 Å². The number of aliphatic imine (C=N–C) groups is 1. The maximum absolute atomic E-state index is 4.46. The van der Waals surface area contributed by atoms with E-state index in [0.29, 0.717) is 0 Å². The van der Waals surface area contributed by atoms with E-state index in [1.807, 2.05) is 7.05 Å². The summed E-state index contributed by atoms with van der Waals surface area (Å²) in [5.74, 6) is 3.55. The lowest BCUT2D eigenvalue weighted by Crippen LogP contribution is -2.45. The second kappa shape index (κ2) is 8.98. The summed E-state index contributed by atoms with van der Waals surface area (Å²) in [6, 6.07) is 8.63. The maximum Gasteiger partial charge on any atom is 0.198 e. The third-order valence-corrected chi connectivity index (χ3v) is 5.11. The van der Waals surface area contributed by atoms with Crippen LogP contribution >= 0.6 is 35.7 Å². The van der Waals surface area contributed by atoms with E-state index in [2.05, 4.69) is 56.1 Å². The van der Waals surface area contributed by atoms with Gasteiger partial charge in [0.05, 0.1) is 0 Å². The average molecular weight is 432 g/mol. The van der Waals surface area contributed by atoms with Gasteiger partial charge < -0.3 is 10.2 Å². The second-order valence-corrected chi connectivity index (χ2v) is 6.68. The van der Waals surface area contributed by atoms with Crippen molar-refractivity contribution in [1.82, 2.24) is 10.2 Å². The van der Waals surface area contributed by atoms with Gasteiger partial charge in [-0.1, -0.05) is 18.2 Å². The van der Waals surface area contributed by atoms with Crippen LogP contribution in [-0.4, -0.2) is 62.1 Å². The van der Waals surface area contributed by atoms with Crippen LogP contribution < -0.4 is 10.2 Å². The number of anilines is 1. The van der Waals surface area contributed by atoms with Crippen molar-refractivity contribution < 1.29 is 0 Å². The molecular weight excluding hydrogens is 407 g/mol. The third kappa shape index (κ3) is 4.29. The first-order valence-electron chi connectivity index (χ1n) is 7.74. The molecule has 0 aromatic heterocycles. The Hall–Kier alpha value is -0.470. The van der Waals surface area contributed by atoms with Crippen LogP contribution in [0.3, 0.4) is 0 Å². The Labute approximate surface area is 154 Å². The molecule has 0 spiro atoms. The molecule has 122 valence electrons. The Kier molecular flexibility index (Phi) is 7.30. The summed E-state index contributed by atoms with van der Waals surface area (Å²) in [5.41, 5.74) is 2.73. The van der Waals surface area contributed by atoms with Gasteiger partial charge in [0.1, 0.15) is 0 Å². The van der Waals surface area contributed by atoms with E-state index in [9.17, 15) is 0 Å². The smallest absolute Gasteiger partial charge is 0.198 e. The number of nitrogens with zero attached hydrogens (tertiary/aromatic N) is 3. The molecule has 0 aliphatic carbocycles. The van der Waals surface area contributed by atoms with Crippen molar-refractivity contribution in [3.63, 3.8) is 0 Å². The standard InChI is InChI=1S/C16H24N4S.HI/c1-17-16(18-7-9-19-10-12-21-13-11-19)20-8-6-14-4-2-3-5-15(14)20;/h2-5H,6-13H2,1H3,(H,17,18);1H. The fraction of sp³-hybridized carbons (Fsp3) is 0.562. The van der Waals surface area contributed by atoms with Crippen molar-refractivity contribution in [1.29, 1.82) is 0 Å². The minimum atomic E-state index is 0. The molecule has 1 N–H and O–H groups in total. The van der Waals surface area contributed by atoms with Gasteiger partial charge >= 0.3 is 0 Å². The number of halogens is 1. The molecule has 1 aromatic rings. The minimum absolute atomic E-state index is 0. The highest BCUT2D eigenvalue weighted by atomic mass is 127. The van der Waals surface area contributed by atoms with Gasteiger partial charge in [-0.05, 0) is 18.1 Å². The van der Waals surface area contributed by atoms with E-state index < -0.39 is 0 Å². The lowest BCUT2D eigenvalue weighted by molar-refractivity contribution is 0.307. The molecule has 6 heteroatoms. The van der Waals surface area contributed by atoms with Gasteiger partial charge in [-0.15, -0.1) is 24.0 Å². The molecular formula is C16H25IN4S. The molecule has 0 atom stereocenters. The van der Waals surface area contributed by atoms with Gasteiger partial charge in [-0.3, -0.25) is 9.89 Å². The molecule has 1 saturated heterocycles. The third-order valence-electron chi connectivity index (χ3n) is 4.17. The summed E-state index contributed by atoms with van der Waals surface area (Å²) in [5, 5.41) is 3.53. The molecule has 0 bridgehead atoms. The van der Waals surface area contributed by atoms with E-state index in [0.717, 1.165) is 32.0 Å². The second-order valence-electron chi connectivity index (χ2n) is 5.46. The fourth-order valence-electron chi connectivity index (χ4n) is 3.00. The molecule has 0 radical (unpaired) electrons. The number of hydrogen-bond acceptors (Lipinski definition) is 3. The summed E-state index contributed by atoms with van der Waals surface area (Å²) in [7, 11) is 1.88. The molecule has 2 aliphatic rings. The molecule has 1 aromatic carbocycles. The number of nitrogens with one attached hydrogen (secondary N) is 1. The van der Waals surface area contributed by atoms with Crippen molar-refractivity contribution in [3.8, 4) is 0 Å². The van der Waals surface area contributed by atoms with Gasteiger partial charge in [0.2, 0.25) is 0 Å². The van der Waals surface area contributed by atoms with E-state index in [4.69, 9.17) is 0 Å². The summed E-state index contributed by atoms with van der Waals surface area (Å²) in [6.07, 6.45) is 1.11. The topological polar surface area (TPSA) is 30.9 Å². The van der Waals surface area contributed by atoms with Crippen LogP contribution in [0.25, 0.3) is 0 Å². The Morgan fingerprint density at radius 3 is 2.77 bits per heavy atom. The summed E-state index contributed by atoms with van der Waals surface area (Å²) >= 11 is 2.06. The van der Waals surface area contributed by atoms with Crippen LogP contribution in [0.2, 0.25) is 0 Å². The van der Waals surface area contributed by atoms with Crippen molar-refractivity contribution >= 4 is 47.4 Å². The molecule has 3 rings (SSSR count). The van der Waals surface area contributed by atoms with Crippen LogP contribution in [0.1, 0.15) is 5.56 Å². The van der Waals surface area contributed by atoms with Crippen LogP contribution in [0, 0.1) is 0 Å². The number of rotatable bonds is 3. The zero-order valence-electron chi connectivity index (χ0n) is 13.1. The molecule has 0 unspecified atom stereocenters.